The summed E-state index contributed by atoms with van der Waals surface area (Å²) in [6, 6.07) is 0. The molecule has 0 aliphatic carbocycles. The van der Waals surface area contributed by atoms with E-state index in [0.29, 0.717) is 0 Å². The lowest BCUT2D eigenvalue weighted by molar-refractivity contribution is 0.302. The van der Waals surface area contributed by atoms with Crippen LogP contribution < -0.4 is 0 Å². The number of rotatable bonds is 2. The summed E-state index contributed by atoms with van der Waals surface area (Å²) in [6.45, 7) is 0. The fourth-order valence-corrected chi connectivity index (χ4v) is 0.262. The first kappa shape index (κ1) is 7.58. The normalized spacial score (nSPS) is 15.2. The second-order valence-corrected chi connectivity index (χ2v) is 3.41. The number of sulfone groups is 1. The van der Waals surface area contributed by atoms with E-state index in [1.807, 2.05) is 0 Å². The molecule has 1 radical (unpaired) electrons. The van der Waals surface area contributed by atoms with Crippen molar-refractivity contribution in [3.05, 3.63) is 0 Å². The summed E-state index contributed by atoms with van der Waals surface area (Å²) in [5.41, 5.74) is -1.98. The highest BCUT2D eigenvalue weighted by Crippen LogP contribution is 1.87. The van der Waals surface area contributed by atoms with Crippen LogP contribution in [-0.4, -0.2) is 31.5 Å². The molecule has 47 valence electrons. The minimum Gasteiger partial charge on any atom is -0.371 e. The van der Waals surface area contributed by atoms with Gasteiger partial charge in [0.25, 0.3) is 0 Å². The van der Waals surface area contributed by atoms with Crippen molar-refractivity contribution in [3.8, 4) is 0 Å². The zero-order chi connectivity index (χ0) is 6.78. The molecule has 0 aromatic carbocycles. The molecule has 8 heavy (non-hydrogen) atoms. The summed E-state index contributed by atoms with van der Waals surface area (Å²) in [5.74, 6) is 0. The van der Waals surface area contributed by atoms with Crippen LogP contribution in [0.15, 0.2) is 0 Å². The maximum absolute atomic E-state index is 10.0. The fourth-order valence-electron chi connectivity index (χ4n) is 0.0874. The molecule has 0 aliphatic heterocycles. The molecular weight excluding hydrogens is 132 g/mol. The van der Waals surface area contributed by atoms with Gasteiger partial charge in [0.15, 0.2) is 9.84 Å². The Hall–Kier alpha value is -0.420. The van der Waals surface area contributed by atoms with Crippen molar-refractivity contribution in [2.45, 2.75) is 5.44 Å². The third-order valence-electron chi connectivity index (χ3n) is 0.506. The van der Waals surface area contributed by atoms with Gasteiger partial charge in [-0.3, -0.25) is 4.79 Å². The summed E-state index contributed by atoms with van der Waals surface area (Å²) in [5, 5.41) is 8.18. The van der Waals surface area contributed by atoms with Gasteiger partial charge in [-0.15, -0.1) is 0 Å². The van der Waals surface area contributed by atoms with E-state index in [1.165, 1.54) is 0 Å². The first-order valence-corrected chi connectivity index (χ1v) is 3.68. The molecule has 0 heterocycles. The van der Waals surface area contributed by atoms with Gasteiger partial charge < -0.3 is 5.11 Å². The van der Waals surface area contributed by atoms with Crippen LogP contribution in [0.5, 0.6) is 0 Å². The lowest BCUT2D eigenvalue weighted by Crippen LogP contribution is -2.19. The van der Waals surface area contributed by atoms with E-state index in [-0.39, 0.29) is 0 Å². The smallest absolute Gasteiger partial charge is 0.246 e. The Morgan fingerprint density at radius 1 is 1.62 bits per heavy atom. The standard InChI is InChI=1S/C3H5O4S/c1-8(6,7)3(5)2-4/h3,5H,1H3. The predicted molar refractivity (Wildman–Crippen MR) is 26.5 cm³/mol. The lowest BCUT2D eigenvalue weighted by Gasteiger charge is -1.93. The zero-order valence-electron chi connectivity index (χ0n) is 4.16. The molecule has 1 N–H and O–H groups in total. The molecule has 0 amide bonds. The molecule has 5 heteroatoms. The Balaban J connectivity index is 4.26. The van der Waals surface area contributed by atoms with E-state index < -0.39 is 15.3 Å². The summed E-state index contributed by atoms with van der Waals surface area (Å²) in [6.07, 6.45) is 1.68. The second-order valence-electron chi connectivity index (χ2n) is 1.30. The number of hydrogen-bond donors (Lipinski definition) is 1. The van der Waals surface area contributed by atoms with Crippen LogP contribution in [0.4, 0.5) is 0 Å². The Morgan fingerprint density at radius 2 is 2.00 bits per heavy atom. The third-order valence-corrected chi connectivity index (χ3v) is 1.41. The van der Waals surface area contributed by atoms with Gasteiger partial charge in [-0.25, -0.2) is 8.42 Å². The number of aliphatic hydroxyl groups is 1. The molecule has 0 spiro atoms. The summed E-state index contributed by atoms with van der Waals surface area (Å²) < 4.78 is 20.1. The molecule has 1 unspecified atom stereocenters. The van der Waals surface area contributed by atoms with E-state index in [2.05, 4.69) is 0 Å². The maximum Gasteiger partial charge on any atom is 0.246 e. The van der Waals surface area contributed by atoms with E-state index in [1.54, 1.807) is 0 Å². The maximum atomic E-state index is 10.0. The second kappa shape index (κ2) is 2.23. The van der Waals surface area contributed by atoms with Gasteiger partial charge in [0.1, 0.15) is 0 Å². The molecule has 0 bridgehead atoms. The zero-order valence-corrected chi connectivity index (χ0v) is 4.97. The third kappa shape index (κ3) is 2.04. The van der Waals surface area contributed by atoms with Crippen LogP contribution in [0.3, 0.4) is 0 Å². The van der Waals surface area contributed by atoms with Gasteiger partial charge in [0, 0.05) is 6.26 Å². The van der Waals surface area contributed by atoms with Crippen molar-refractivity contribution in [3.63, 3.8) is 0 Å². The molecule has 0 saturated heterocycles. The molecule has 0 saturated carbocycles. The number of hydrogen-bond acceptors (Lipinski definition) is 4. The fraction of sp³-hybridized carbons (Fsp3) is 0.667. The van der Waals surface area contributed by atoms with Crippen molar-refractivity contribution in [2.24, 2.45) is 0 Å². The molecule has 0 fully saturated rings. The van der Waals surface area contributed by atoms with Crippen LogP contribution in [-0.2, 0) is 14.6 Å². The molecule has 0 rings (SSSR count). The van der Waals surface area contributed by atoms with E-state index in [9.17, 15) is 13.2 Å². The van der Waals surface area contributed by atoms with Crippen molar-refractivity contribution >= 4 is 16.1 Å². The predicted octanol–water partition coefficient (Wildman–Crippen LogP) is -1.54. The summed E-state index contributed by atoms with van der Waals surface area (Å²) >= 11 is 0. The SMILES string of the molecule is CS(=O)(=O)C(O)[C]=O. The molecule has 0 aromatic heterocycles. The molecular formula is C3H5O4S. The average Bonchev–Trinajstić information content (AvgIpc) is 1.62. The molecule has 1 atom stereocenters. The van der Waals surface area contributed by atoms with Crippen LogP contribution in [0.25, 0.3) is 0 Å². The monoisotopic (exact) mass is 137 g/mol. The Labute approximate surface area is 47.1 Å². The van der Waals surface area contributed by atoms with Crippen LogP contribution in [0.1, 0.15) is 0 Å². The van der Waals surface area contributed by atoms with Crippen molar-refractivity contribution < 1.29 is 18.3 Å². The lowest BCUT2D eigenvalue weighted by atomic mass is 10.8. The van der Waals surface area contributed by atoms with E-state index >= 15 is 0 Å². The Kier molecular flexibility index (Phi) is 2.12. The largest absolute Gasteiger partial charge is 0.371 e. The Morgan fingerprint density at radius 3 is 2.00 bits per heavy atom. The van der Waals surface area contributed by atoms with Crippen molar-refractivity contribution in [1.29, 1.82) is 0 Å². The van der Waals surface area contributed by atoms with Crippen molar-refractivity contribution in [1.82, 2.24) is 0 Å². The van der Waals surface area contributed by atoms with Crippen LogP contribution >= 0.6 is 0 Å². The van der Waals surface area contributed by atoms with Crippen LogP contribution in [0, 0.1) is 0 Å². The molecule has 0 aromatic rings. The average molecular weight is 137 g/mol. The number of carbonyl (C=O) groups excluding carboxylic acids is 1. The minimum absolute atomic E-state index is 0.753. The van der Waals surface area contributed by atoms with Gasteiger partial charge in [0.2, 0.25) is 11.7 Å². The van der Waals surface area contributed by atoms with Crippen molar-refractivity contribution in [2.75, 3.05) is 6.26 Å². The highest BCUT2D eigenvalue weighted by atomic mass is 32.2. The highest BCUT2D eigenvalue weighted by molar-refractivity contribution is 7.91. The van der Waals surface area contributed by atoms with E-state index in [4.69, 9.17) is 5.11 Å². The van der Waals surface area contributed by atoms with Gasteiger partial charge >= 0.3 is 0 Å². The topological polar surface area (TPSA) is 71.4 Å². The molecule has 0 aliphatic rings. The Bertz CT molecular complexity index is 168. The first-order chi connectivity index (χ1) is 3.48. The summed E-state index contributed by atoms with van der Waals surface area (Å²) in [7, 11) is -3.62. The molecule has 4 nitrogen and oxygen atoms in total. The van der Waals surface area contributed by atoms with Gasteiger partial charge in [-0.1, -0.05) is 0 Å². The van der Waals surface area contributed by atoms with E-state index in [0.717, 1.165) is 12.5 Å². The van der Waals surface area contributed by atoms with Crippen LogP contribution in [0.2, 0.25) is 0 Å². The number of aliphatic hydroxyl groups excluding tert-OH is 1. The highest BCUT2D eigenvalue weighted by Gasteiger charge is 2.15. The van der Waals surface area contributed by atoms with Gasteiger partial charge in [-0.2, -0.15) is 0 Å². The quantitative estimate of drug-likeness (QED) is 0.500. The summed E-state index contributed by atoms with van der Waals surface area (Å²) in [4.78, 5) is 9.40. The minimum atomic E-state index is -3.62. The van der Waals surface area contributed by atoms with Gasteiger partial charge in [0.05, 0.1) is 0 Å². The van der Waals surface area contributed by atoms with Gasteiger partial charge in [-0.05, 0) is 0 Å². The first-order valence-electron chi connectivity index (χ1n) is 1.73.